The van der Waals surface area contributed by atoms with E-state index in [-0.39, 0.29) is 12.3 Å². The first-order valence-corrected chi connectivity index (χ1v) is 5.89. The molecule has 0 saturated carbocycles. The molecular formula is C13H18N2O4. The molecule has 0 aliphatic carbocycles. The van der Waals surface area contributed by atoms with Gasteiger partial charge in [-0.05, 0) is 24.1 Å². The molecule has 0 aromatic heterocycles. The number of methoxy groups -OCH3 is 1. The van der Waals surface area contributed by atoms with Crippen LogP contribution in [0.4, 0.5) is 5.69 Å². The largest absolute Gasteiger partial charge is 0.481 e. The lowest BCUT2D eigenvalue weighted by Gasteiger charge is -2.12. The van der Waals surface area contributed by atoms with Crippen LogP contribution in [0, 0.1) is 0 Å². The van der Waals surface area contributed by atoms with Gasteiger partial charge >= 0.3 is 5.97 Å². The first-order valence-electron chi connectivity index (χ1n) is 5.89. The Bertz CT molecular complexity index is 448. The summed E-state index contributed by atoms with van der Waals surface area (Å²) in [5, 5.41) is 11.4. The number of carbonyl (C=O) groups excluding carboxylic acids is 1. The van der Waals surface area contributed by atoms with E-state index in [1.54, 1.807) is 31.4 Å². The molecule has 4 N–H and O–H groups in total. The van der Waals surface area contributed by atoms with Gasteiger partial charge in [0.25, 0.3) is 0 Å². The fourth-order valence-corrected chi connectivity index (χ4v) is 1.54. The number of hydrogen-bond acceptors (Lipinski definition) is 4. The number of aliphatic carboxylic acids is 1. The van der Waals surface area contributed by atoms with Crippen molar-refractivity contribution in [3.05, 3.63) is 29.8 Å². The van der Waals surface area contributed by atoms with E-state index in [1.165, 1.54) is 0 Å². The number of nitrogens with two attached hydrogens (primary N) is 1. The standard InChI is InChI=1S/C13H18N2O4/c1-19-6-5-11(14)13(18)15-10-4-2-3-9(7-10)8-12(16)17/h2-4,7,11H,5-6,8,14H2,1H3,(H,15,18)(H,16,17). The van der Waals surface area contributed by atoms with Crippen molar-refractivity contribution in [3.63, 3.8) is 0 Å². The Morgan fingerprint density at radius 3 is 2.84 bits per heavy atom. The molecule has 0 fully saturated rings. The smallest absolute Gasteiger partial charge is 0.307 e. The van der Waals surface area contributed by atoms with Gasteiger partial charge in [0.2, 0.25) is 5.91 Å². The number of rotatable bonds is 7. The fourth-order valence-electron chi connectivity index (χ4n) is 1.54. The van der Waals surface area contributed by atoms with Gasteiger partial charge in [0.05, 0.1) is 12.5 Å². The Labute approximate surface area is 111 Å². The molecule has 0 aliphatic heterocycles. The average molecular weight is 266 g/mol. The molecule has 1 amide bonds. The first-order chi connectivity index (χ1) is 9.02. The van der Waals surface area contributed by atoms with Gasteiger partial charge in [0, 0.05) is 19.4 Å². The van der Waals surface area contributed by atoms with Crippen LogP contribution in [0.1, 0.15) is 12.0 Å². The van der Waals surface area contributed by atoms with Crippen LogP contribution in [-0.4, -0.2) is 36.7 Å². The van der Waals surface area contributed by atoms with Crippen LogP contribution in [-0.2, 0) is 20.7 Å². The van der Waals surface area contributed by atoms with E-state index < -0.39 is 12.0 Å². The molecule has 0 bridgehead atoms. The highest BCUT2D eigenvalue weighted by atomic mass is 16.5. The van der Waals surface area contributed by atoms with Crippen LogP contribution in [0.3, 0.4) is 0 Å². The van der Waals surface area contributed by atoms with E-state index >= 15 is 0 Å². The molecule has 1 rings (SSSR count). The number of carboxylic acid groups (broad SMARTS) is 1. The zero-order valence-electron chi connectivity index (χ0n) is 10.8. The van der Waals surface area contributed by atoms with Crippen molar-refractivity contribution in [3.8, 4) is 0 Å². The van der Waals surface area contributed by atoms with Crippen LogP contribution in [0.15, 0.2) is 24.3 Å². The highest BCUT2D eigenvalue weighted by molar-refractivity contribution is 5.94. The number of carboxylic acids is 1. The molecule has 1 aromatic rings. The molecule has 0 aliphatic rings. The van der Waals surface area contributed by atoms with Crippen molar-refractivity contribution in [1.82, 2.24) is 0 Å². The SMILES string of the molecule is COCCC(N)C(=O)Nc1cccc(CC(=O)O)c1. The maximum absolute atomic E-state index is 11.7. The molecule has 6 nitrogen and oxygen atoms in total. The molecule has 19 heavy (non-hydrogen) atoms. The van der Waals surface area contributed by atoms with E-state index in [4.69, 9.17) is 15.6 Å². The number of nitrogens with one attached hydrogen (secondary N) is 1. The van der Waals surface area contributed by atoms with Crippen LogP contribution >= 0.6 is 0 Å². The van der Waals surface area contributed by atoms with Gasteiger partial charge in [0.1, 0.15) is 0 Å². The molecule has 1 aromatic carbocycles. The lowest BCUT2D eigenvalue weighted by molar-refractivity contribution is -0.136. The fraction of sp³-hybridized carbons (Fsp3) is 0.385. The summed E-state index contributed by atoms with van der Waals surface area (Å²) in [6.45, 7) is 0.410. The van der Waals surface area contributed by atoms with E-state index in [2.05, 4.69) is 5.32 Å². The van der Waals surface area contributed by atoms with E-state index in [0.717, 1.165) is 0 Å². The first kappa shape index (κ1) is 15.1. The minimum atomic E-state index is -0.916. The Morgan fingerprint density at radius 1 is 1.47 bits per heavy atom. The third-order valence-electron chi connectivity index (χ3n) is 2.52. The number of anilines is 1. The van der Waals surface area contributed by atoms with Crippen molar-refractivity contribution in [2.24, 2.45) is 5.73 Å². The van der Waals surface area contributed by atoms with Crippen LogP contribution in [0.2, 0.25) is 0 Å². The summed E-state index contributed by atoms with van der Waals surface area (Å²) in [6, 6.07) is 6.04. The second-order valence-electron chi connectivity index (χ2n) is 4.15. The van der Waals surface area contributed by atoms with Crippen molar-refractivity contribution in [2.45, 2.75) is 18.9 Å². The third-order valence-corrected chi connectivity index (χ3v) is 2.52. The molecule has 0 spiro atoms. The normalized spacial score (nSPS) is 11.9. The monoisotopic (exact) mass is 266 g/mol. The van der Waals surface area contributed by atoms with E-state index in [0.29, 0.717) is 24.3 Å². The Hall–Kier alpha value is -1.92. The third kappa shape index (κ3) is 5.50. The molecule has 6 heteroatoms. The Balaban J connectivity index is 2.61. The summed E-state index contributed by atoms with van der Waals surface area (Å²) in [7, 11) is 1.54. The highest BCUT2D eigenvalue weighted by Crippen LogP contribution is 2.11. The number of amides is 1. The minimum Gasteiger partial charge on any atom is -0.481 e. The summed E-state index contributed by atoms with van der Waals surface area (Å²) >= 11 is 0. The second-order valence-corrected chi connectivity index (χ2v) is 4.15. The number of hydrogen-bond donors (Lipinski definition) is 3. The number of carbonyl (C=O) groups is 2. The summed E-state index contributed by atoms with van der Waals surface area (Å²) in [5.74, 6) is -1.23. The summed E-state index contributed by atoms with van der Waals surface area (Å²) in [6.07, 6.45) is 0.344. The summed E-state index contributed by atoms with van der Waals surface area (Å²) < 4.78 is 4.85. The Kier molecular flexibility index (Phi) is 5.98. The van der Waals surface area contributed by atoms with E-state index in [9.17, 15) is 9.59 Å². The summed E-state index contributed by atoms with van der Waals surface area (Å²) in [5.41, 5.74) is 6.84. The number of benzene rings is 1. The molecule has 104 valence electrons. The van der Waals surface area contributed by atoms with Gasteiger partial charge in [-0.3, -0.25) is 9.59 Å². The van der Waals surface area contributed by atoms with Crippen molar-refractivity contribution in [1.29, 1.82) is 0 Å². The predicted octanol–water partition coefficient (Wildman–Crippen LogP) is 0.616. The van der Waals surface area contributed by atoms with Crippen LogP contribution < -0.4 is 11.1 Å². The van der Waals surface area contributed by atoms with Gasteiger partial charge in [-0.1, -0.05) is 12.1 Å². The molecule has 0 radical (unpaired) electrons. The van der Waals surface area contributed by atoms with Crippen molar-refractivity contribution in [2.75, 3.05) is 19.0 Å². The van der Waals surface area contributed by atoms with Gasteiger partial charge in [-0.25, -0.2) is 0 Å². The summed E-state index contributed by atoms with van der Waals surface area (Å²) in [4.78, 5) is 22.4. The zero-order chi connectivity index (χ0) is 14.3. The highest BCUT2D eigenvalue weighted by Gasteiger charge is 2.13. The lowest BCUT2D eigenvalue weighted by Crippen LogP contribution is -2.36. The topological polar surface area (TPSA) is 102 Å². The van der Waals surface area contributed by atoms with Gasteiger partial charge in [-0.15, -0.1) is 0 Å². The maximum atomic E-state index is 11.7. The molecule has 1 unspecified atom stereocenters. The van der Waals surface area contributed by atoms with Gasteiger partial charge in [0.15, 0.2) is 0 Å². The van der Waals surface area contributed by atoms with Gasteiger partial charge < -0.3 is 20.9 Å². The molecule has 0 heterocycles. The minimum absolute atomic E-state index is 0.0839. The van der Waals surface area contributed by atoms with Crippen molar-refractivity contribution >= 4 is 17.6 Å². The zero-order valence-corrected chi connectivity index (χ0v) is 10.8. The Morgan fingerprint density at radius 2 is 2.21 bits per heavy atom. The predicted molar refractivity (Wildman–Crippen MR) is 70.9 cm³/mol. The average Bonchev–Trinajstić information content (AvgIpc) is 2.35. The molecular weight excluding hydrogens is 248 g/mol. The maximum Gasteiger partial charge on any atom is 0.307 e. The van der Waals surface area contributed by atoms with Gasteiger partial charge in [-0.2, -0.15) is 0 Å². The van der Waals surface area contributed by atoms with Crippen LogP contribution in [0.5, 0.6) is 0 Å². The lowest BCUT2D eigenvalue weighted by atomic mass is 10.1. The number of ether oxygens (including phenoxy) is 1. The van der Waals surface area contributed by atoms with Crippen molar-refractivity contribution < 1.29 is 19.4 Å². The molecule has 1 atom stereocenters. The van der Waals surface area contributed by atoms with E-state index in [1.807, 2.05) is 0 Å². The molecule has 0 saturated heterocycles. The quantitative estimate of drug-likeness (QED) is 0.671. The second kappa shape index (κ2) is 7.50. The van der Waals surface area contributed by atoms with Crippen LogP contribution in [0.25, 0.3) is 0 Å².